The molecule has 0 saturated carbocycles. The Hall–Kier alpha value is -9.53. The number of hydrogen-bond donors (Lipinski definition) is 0. The summed E-state index contributed by atoms with van der Waals surface area (Å²) in [6, 6.07) is 120. The molecule has 0 radical (unpaired) electrons. The minimum Gasteiger partial charge on any atom is -0.310 e. The topological polar surface area (TPSA) is 11.4 Å². The van der Waals surface area contributed by atoms with Crippen molar-refractivity contribution in [2.75, 3.05) is 9.80 Å². The number of para-hydroxylation sites is 4. The highest BCUT2D eigenvalue weighted by atomic mass is 28.3. The summed E-state index contributed by atoms with van der Waals surface area (Å²) >= 11 is 0. The normalized spacial score (nSPS) is 13.1. The second-order valence-corrected chi connectivity index (χ2v) is 27.5. The van der Waals surface area contributed by atoms with Crippen molar-refractivity contribution < 1.29 is 0 Å². The summed E-state index contributed by atoms with van der Waals surface area (Å²) in [7, 11) is -5.98. The van der Waals surface area contributed by atoms with Gasteiger partial charge in [-0.1, -0.05) is 224 Å². The van der Waals surface area contributed by atoms with E-state index in [-0.39, 0.29) is 0 Å². The summed E-state index contributed by atoms with van der Waals surface area (Å²) in [5.41, 5.74) is 10.0. The van der Waals surface area contributed by atoms with Crippen LogP contribution in [0.15, 0.2) is 322 Å². The number of rotatable bonds is 11. The largest absolute Gasteiger partial charge is 0.310 e. The quantitative estimate of drug-likeness (QED) is 0.120. The van der Waals surface area contributed by atoms with Gasteiger partial charge in [0.25, 0.3) is 0 Å². The Morgan fingerprint density at radius 3 is 0.844 bits per heavy atom. The Kier molecular flexibility index (Phi) is 11.5. The van der Waals surface area contributed by atoms with Gasteiger partial charge in [-0.05, 0) is 139 Å². The van der Waals surface area contributed by atoms with Gasteiger partial charge in [-0.2, -0.15) is 0 Å². The van der Waals surface area contributed by atoms with Crippen molar-refractivity contribution in [2.45, 2.75) is 0 Å². The molecule has 0 N–H and O–H groups in total. The van der Waals surface area contributed by atoms with Gasteiger partial charge < -0.3 is 14.4 Å². The molecule has 3 nitrogen and oxygen atoms in total. The van der Waals surface area contributed by atoms with Crippen LogP contribution in [0.4, 0.5) is 34.1 Å². The molecule has 0 spiro atoms. The predicted molar refractivity (Wildman–Crippen MR) is 331 cm³/mol. The van der Waals surface area contributed by atoms with Crippen molar-refractivity contribution in [3.8, 4) is 5.69 Å². The molecular formula is C72H53N3Si2. The Balaban J connectivity index is 1.04. The van der Waals surface area contributed by atoms with E-state index >= 15 is 0 Å². The Bertz CT molecular complexity index is 3900. The van der Waals surface area contributed by atoms with E-state index in [1.807, 2.05) is 0 Å². The first-order valence-electron chi connectivity index (χ1n) is 26.6. The van der Waals surface area contributed by atoms with Gasteiger partial charge in [-0.3, -0.25) is 0 Å². The molecule has 2 heterocycles. The molecule has 1 aliphatic rings. The highest BCUT2D eigenvalue weighted by Gasteiger charge is 2.56. The molecule has 12 aromatic carbocycles. The van der Waals surface area contributed by atoms with Crippen LogP contribution in [0.25, 0.3) is 27.5 Å². The van der Waals surface area contributed by atoms with Crippen LogP contribution in [0, 0.1) is 0 Å². The van der Waals surface area contributed by atoms with E-state index in [9.17, 15) is 0 Å². The molecule has 0 saturated heterocycles. The molecule has 0 atom stereocenters. The molecule has 0 fully saturated rings. The van der Waals surface area contributed by atoms with Crippen molar-refractivity contribution in [1.29, 1.82) is 0 Å². The van der Waals surface area contributed by atoms with Crippen LogP contribution < -0.4 is 51.3 Å². The van der Waals surface area contributed by atoms with Gasteiger partial charge >= 0.3 is 0 Å². The van der Waals surface area contributed by atoms with Crippen LogP contribution in [-0.2, 0) is 0 Å². The zero-order valence-electron chi connectivity index (χ0n) is 42.4. The maximum absolute atomic E-state index is 3.10. The fourth-order valence-electron chi connectivity index (χ4n) is 12.8. The Morgan fingerprint density at radius 1 is 0.221 bits per heavy atom. The monoisotopic (exact) mass is 1020 g/mol. The summed E-state index contributed by atoms with van der Waals surface area (Å²) in [5.74, 6) is 0. The van der Waals surface area contributed by atoms with E-state index in [1.54, 1.807) is 0 Å². The number of anilines is 6. The number of benzene rings is 12. The minimum atomic E-state index is -3.10. The smallest absolute Gasteiger partial charge is 0.179 e. The van der Waals surface area contributed by atoms with E-state index in [1.165, 1.54) is 52.3 Å². The van der Waals surface area contributed by atoms with Crippen LogP contribution in [0.2, 0.25) is 0 Å². The summed E-state index contributed by atoms with van der Waals surface area (Å²) in [4.78, 5) is 4.74. The van der Waals surface area contributed by atoms with Gasteiger partial charge in [-0.25, -0.2) is 0 Å². The lowest BCUT2D eigenvalue weighted by Crippen LogP contribution is -2.93. The van der Waals surface area contributed by atoms with Gasteiger partial charge in [0.15, 0.2) is 16.1 Å². The van der Waals surface area contributed by atoms with Crippen molar-refractivity contribution in [3.05, 3.63) is 322 Å². The third-order valence-corrected chi connectivity index (χ3v) is 26.2. The average molecular weight is 1020 g/mol. The molecule has 0 unspecified atom stereocenters. The first kappa shape index (κ1) is 46.0. The molecule has 5 heteroatoms. The number of aromatic nitrogens is 1. The van der Waals surface area contributed by atoms with Gasteiger partial charge in [0, 0.05) is 50.6 Å². The predicted octanol–water partition coefficient (Wildman–Crippen LogP) is 12.8. The van der Waals surface area contributed by atoms with Crippen LogP contribution >= 0.6 is 0 Å². The third kappa shape index (κ3) is 7.46. The van der Waals surface area contributed by atoms with Gasteiger partial charge in [-0.15, -0.1) is 0 Å². The molecule has 14 rings (SSSR count). The first-order chi connectivity index (χ1) is 38.2. The van der Waals surface area contributed by atoms with Crippen molar-refractivity contribution in [1.82, 2.24) is 4.57 Å². The first-order valence-corrected chi connectivity index (χ1v) is 30.6. The number of nitrogens with zero attached hydrogens (tertiary/aromatic N) is 3. The summed E-state index contributed by atoms with van der Waals surface area (Å²) in [6.07, 6.45) is 0. The van der Waals surface area contributed by atoms with Gasteiger partial charge in [0.05, 0.1) is 11.0 Å². The number of fused-ring (bicyclic) bond motifs is 5. The molecule has 0 bridgehead atoms. The van der Waals surface area contributed by atoms with Crippen LogP contribution in [0.5, 0.6) is 0 Å². The molecule has 13 aromatic rings. The van der Waals surface area contributed by atoms with Crippen molar-refractivity contribution in [3.63, 3.8) is 0 Å². The van der Waals surface area contributed by atoms with Crippen LogP contribution in [0.1, 0.15) is 0 Å². The van der Waals surface area contributed by atoms with E-state index in [0.717, 1.165) is 50.8 Å². The molecule has 1 aromatic heterocycles. The highest BCUT2D eigenvalue weighted by molar-refractivity contribution is 7.32. The molecule has 77 heavy (non-hydrogen) atoms. The Labute approximate surface area is 452 Å². The van der Waals surface area contributed by atoms with E-state index in [0.29, 0.717) is 0 Å². The lowest BCUT2D eigenvalue weighted by Gasteiger charge is -2.48. The molecule has 0 amide bonds. The lowest BCUT2D eigenvalue weighted by atomic mass is 10.1. The summed E-state index contributed by atoms with van der Waals surface area (Å²) in [6.45, 7) is 0. The highest BCUT2D eigenvalue weighted by Crippen LogP contribution is 2.43. The minimum absolute atomic E-state index is 1.09. The van der Waals surface area contributed by atoms with E-state index in [2.05, 4.69) is 336 Å². The van der Waals surface area contributed by atoms with Crippen LogP contribution in [-0.4, -0.2) is 20.7 Å². The second kappa shape index (κ2) is 19.3. The van der Waals surface area contributed by atoms with E-state index < -0.39 is 16.1 Å². The maximum Gasteiger partial charge on any atom is 0.179 e. The lowest BCUT2D eigenvalue weighted by molar-refractivity contribution is 1.18. The van der Waals surface area contributed by atoms with E-state index in [4.69, 9.17) is 0 Å². The summed E-state index contributed by atoms with van der Waals surface area (Å²) in [5, 5.41) is 13.7. The fourth-order valence-corrected chi connectivity index (χ4v) is 25.0. The zero-order chi connectivity index (χ0) is 51.2. The third-order valence-electron chi connectivity index (χ3n) is 15.9. The van der Waals surface area contributed by atoms with Crippen molar-refractivity contribution in [2.24, 2.45) is 0 Å². The average Bonchev–Trinajstić information content (AvgIpc) is 3.96. The van der Waals surface area contributed by atoms with Gasteiger partial charge in [0.2, 0.25) is 0 Å². The van der Waals surface area contributed by atoms with Crippen molar-refractivity contribution >= 4 is 114 Å². The second-order valence-electron chi connectivity index (χ2n) is 20.0. The maximum atomic E-state index is 2.55. The fraction of sp³-hybridized carbons (Fsp3) is 0. The SMILES string of the molecule is c1ccc(N(c2ccccc2)c2ccc3c(c2)c2cc(N(c4ccccc4)c4ccccc4)ccc2n3-c2cccc([Si]3(c4ccccc4)c4ccccc4[Si](c4ccccc4)(c4ccccc4)c4ccccc43)c2)cc1. The molecule has 0 aliphatic carbocycles. The molecule has 364 valence electrons. The van der Waals surface area contributed by atoms with Gasteiger partial charge in [0.1, 0.15) is 0 Å². The van der Waals surface area contributed by atoms with Crippen LogP contribution in [0.3, 0.4) is 0 Å². The Morgan fingerprint density at radius 2 is 0.506 bits per heavy atom. The molecule has 1 aliphatic heterocycles. The molecular weight excluding hydrogens is 963 g/mol. The summed E-state index contributed by atoms with van der Waals surface area (Å²) < 4.78 is 2.52. The standard InChI is InChI=1S/C72H53N3Si2/c1-8-27-54(28-9-1)73(55-29-10-2-11-30-55)59-47-49-67-65(52-59)66-53-60(74(56-31-12-3-13-32-56)57-33-14-4-15-34-57)48-50-68(66)75(67)58-35-26-42-64(51-58)77(63-40-20-7-21-41-63)71-45-24-22-43-69(71)76(61-36-16-5-17-37-61,62-38-18-6-19-39-62)70-44-23-25-46-72(70)77/h1-53H. The zero-order valence-corrected chi connectivity index (χ0v) is 44.4. The number of hydrogen-bond acceptors (Lipinski definition) is 2.